The molecule has 4 rings (SSSR count). The normalized spacial score (nSPS) is 19.2. The van der Waals surface area contributed by atoms with Gasteiger partial charge in [-0.3, -0.25) is 4.79 Å². The van der Waals surface area contributed by atoms with Crippen LogP contribution in [-0.4, -0.2) is 25.9 Å². The summed E-state index contributed by atoms with van der Waals surface area (Å²) in [7, 11) is 0. The molecule has 0 aliphatic carbocycles. The van der Waals surface area contributed by atoms with Gasteiger partial charge >= 0.3 is 6.18 Å². The third-order valence-electron chi connectivity index (χ3n) is 4.17. The Labute approximate surface area is 156 Å². The number of ketones is 1. The van der Waals surface area contributed by atoms with Crippen LogP contribution in [0.15, 0.2) is 65.8 Å². The summed E-state index contributed by atoms with van der Waals surface area (Å²) in [6.07, 6.45) is -4.66. The number of thioether (sulfide) groups is 1. The van der Waals surface area contributed by atoms with Crippen molar-refractivity contribution in [1.29, 1.82) is 0 Å². The molecular formula is C18H13F3N4OS. The standard InChI is InChI=1S/C18H13F3N4OS/c19-18(20,21)16-22-23-17-25(16)24-13(11-7-3-1-4-8-11)15(27-17)14(26)12-9-5-2-6-10-12/h1-10,13,15,24H/t13-,15-/m0/s1. The molecule has 2 heterocycles. The molecule has 0 amide bonds. The number of carbonyl (C=O) groups is 1. The largest absolute Gasteiger partial charge is 0.453 e. The molecule has 0 unspecified atom stereocenters. The van der Waals surface area contributed by atoms with Crippen molar-refractivity contribution in [2.75, 3.05) is 5.43 Å². The van der Waals surface area contributed by atoms with E-state index in [2.05, 4.69) is 15.6 Å². The van der Waals surface area contributed by atoms with Gasteiger partial charge in [0.1, 0.15) is 5.25 Å². The minimum Gasteiger partial charge on any atom is -0.313 e. The van der Waals surface area contributed by atoms with Gasteiger partial charge in [0, 0.05) is 5.56 Å². The van der Waals surface area contributed by atoms with Gasteiger partial charge in [-0.1, -0.05) is 72.4 Å². The maximum absolute atomic E-state index is 13.2. The van der Waals surface area contributed by atoms with Crippen LogP contribution in [0, 0.1) is 0 Å². The van der Waals surface area contributed by atoms with Gasteiger partial charge in [0.2, 0.25) is 5.16 Å². The van der Waals surface area contributed by atoms with Crippen LogP contribution in [-0.2, 0) is 6.18 Å². The minimum atomic E-state index is -4.66. The van der Waals surface area contributed by atoms with Crippen LogP contribution in [0.3, 0.4) is 0 Å². The maximum atomic E-state index is 13.2. The van der Waals surface area contributed by atoms with E-state index in [0.717, 1.165) is 16.4 Å². The molecule has 0 saturated heterocycles. The van der Waals surface area contributed by atoms with Crippen molar-refractivity contribution < 1.29 is 18.0 Å². The van der Waals surface area contributed by atoms with E-state index in [4.69, 9.17) is 0 Å². The fraction of sp³-hybridized carbons (Fsp3) is 0.167. The monoisotopic (exact) mass is 390 g/mol. The zero-order valence-electron chi connectivity index (χ0n) is 13.7. The number of fused-ring (bicyclic) bond motifs is 1. The maximum Gasteiger partial charge on any atom is 0.453 e. The van der Waals surface area contributed by atoms with E-state index in [9.17, 15) is 18.0 Å². The Kier molecular flexibility index (Phi) is 4.39. The zero-order chi connectivity index (χ0) is 19.0. The molecule has 0 bridgehead atoms. The number of alkyl halides is 3. The summed E-state index contributed by atoms with van der Waals surface area (Å²) < 4.78 is 40.5. The number of hydrogen-bond donors (Lipinski definition) is 1. The first-order valence-electron chi connectivity index (χ1n) is 8.05. The minimum absolute atomic E-state index is 0.00351. The Hall–Kier alpha value is -2.81. The van der Waals surface area contributed by atoms with E-state index < -0.39 is 23.3 Å². The number of hydrogen-bond acceptors (Lipinski definition) is 5. The first-order valence-corrected chi connectivity index (χ1v) is 8.93. The molecule has 0 spiro atoms. The second kappa shape index (κ2) is 6.73. The van der Waals surface area contributed by atoms with Gasteiger partial charge in [-0.2, -0.15) is 13.2 Å². The molecule has 27 heavy (non-hydrogen) atoms. The highest BCUT2D eigenvalue weighted by atomic mass is 32.2. The lowest BCUT2D eigenvalue weighted by molar-refractivity contribution is -0.147. The lowest BCUT2D eigenvalue weighted by Gasteiger charge is -2.33. The van der Waals surface area contributed by atoms with Crippen LogP contribution < -0.4 is 5.43 Å². The highest BCUT2D eigenvalue weighted by molar-refractivity contribution is 8.00. The number of rotatable bonds is 3. The number of halogens is 3. The summed E-state index contributed by atoms with van der Waals surface area (Å²) in [5.74, 6) is -1.33. The van der Waals surface area contributed by atoms with Crippen molar-refractivity contribution >= 4 is 17.5 Å². The number of Topliss-reactive ketones (excluding diaryl/α,β-unsaturated/α-hetero) is 1. The van der Waals surface area contributed by atoms with Crippen LogP contribution in [0.25, 0.3) is 0 Å². The first-order chi connectivity index (χ1) is 12.9. The van der Waals surface area contributed by atoms with E-state index in [1.54, 1.807) is 60.7 Å². The van der Waals surface area contributed by atoms with Crippen molar-refractivity contribution in [2.24, 2.45) is 0 Å². The van der Waals surface area contributed by atoms with E-state index in [-0.39, 0.29) is 10.9 Å². The lowest BCUT2D eigenvalue weighted by atomic mass is 9.97. The summed E-state index contributed by atoms with van der Waals surface area (Å²) in [6, 6.07) is 16.9. The molecule has 0 saturated carbocycles. The molecule has 1 aliphatic heterocycles. The highest BCUT2D eigenvalue weighted by Gasteiger charge is 2.44. The number of nitrogens with zero attached hydrogens (tertiary/aromatic N) is 3. The Morgan fingerprint density at radius 1 is 1.00 bits per heavy atom. The smallest absolute Gasteiger partial charge is 0.313 e. The Bertz CT molecular complexity index is 960. The second-order valence-corrected chi connectivity index (χ2v) is 7.03. The third-order valence-corrected chi connectivity index (χ3v) is 5.38. The quantitative estimate of drug-likeness (QED) is 0.687. The van der Waals surface area contributed by atoms with Crippen molar-refractivity contribution in [3.05, 3.63) is 77.6 Å². The summed E-state index contributed by atoms with van der Waals surface area (Å²) in [6.45, 7) is 0. The van der Waals surface area contributed by atoms with Crippen molar-refractivity contribution in [3.63, 3.8) is 0 Å². The number of aromatic nitrogens is 3. The number of nitrogens with one attached hydrogen (secondary N) is 1. The topological polar surface area (TPSA) is 59.8 Å². The van der Waals surface area contributed by atoms with Crippen LogP contribution in [0.5, 0.6) is 0 Å². The summed E-state index contributed by atoms with van der Waals surface area (Å²) >= 11 is 0.977. The SMILES string of the molecule is O=C(c1ccccc1)[C@H]1Sc2nnc(C(F)(F)F)n2N[C@H]1c1ccccc1. The second-order valence-electron chi connectivity index (χ2n) is 5.93. The molecule has 1 aliphatic rings. The van der Waals surface area contributed by atoms with E-state index in [0.29, 0.717) is 11.1 Å². The predicted molar refractivity (Wildman–Crippen MR) is 94.0 cm³/mol. The molecule has 9 heteroatoms. The third kappa shape index (κ3) is 3.30. The van der Waals surface area contributed by atoms with E-state index in [1.165, 1.54) is 0 Å². The molecule has 0 radical (unpaired) electrons. The Balaban J connectivity index is 1.78. The van der Waals surface area contributed by atoms with Gasteiger partial charge in [0.15, 0.2) is 5.78 Å². The molecule has 1 N–H and O–H groups in total. The zero-order valence-corrected chi connectivity index (χ0v) is 14.5. The average molecular weight is 390 g/mol. The first kappa shape index (κ1) is 17.6. The number of benzene rings is 2. The average Bonchev–Trinajstić information content (AvgIpc) is 3.11. The Morgan fingerprint density at radius 2 is 1.63 bits per heavy atom. The van der Waals surface area contributed by atoms with Crippen molar-refractivity contribution in [1.82, 2.24) is 14.9 Å². The van der Waals surface area contributed by atoms with Crippen molar-refractivity contribution in [3.8, 4) is 0 Å². The summed E-state index contributed by atoms with van der Waals surface area (Å²) in [5.41, 5.74) is 3.99. The molecule has 5 nitrogen and oxygen atoms in total. The van der Waals surface area contributed by atoms with E-state index >= 15 is 0 Å². The fourth-order valence-electron chi connectivity index (χ4n) is 2.92. The van der Waals surface area contributed by atoms with Crippen LogP contribution >= 0.6 is 11.8 Å². The number of carbonyl (C=O) groups excluding carboxylic acids is 1. The summed E-state index contributed by atoms with van der Waals surface area (Å²) in [4.78, 5) is 13.1. The van der Waals surface area contributed by atoms with Crippen LogP contribution in [0.2, 0.25) is 0 Å². The fourth-order valence-corrected chi connectivity index (χ4v) is 4.07. The van der Waals surface area contributed by atoms with Gasteiger partial charge in [-0.15, -0.1) is 10.2 Å². The van der Waals surface area contributed by atoms with Gasteiger partial charge in [-0.05, 0) is 5.56 Å². The summed E-state index contributed by atoms with van der Waals surface area (Å²) in [5, 5.41) is 6.19. The predicted octanol–water partition coefficient (Wildman–Crippen LogP) is 3.94. The molecular weight excluding hydrogens is 377 g/mol. The van der Waals surface area contributed by atoms with Gasteiger partial charge < -0.3 is 5.43 Å². The van der Waals surface area contributed by atoms with Crippen molar-refractivity contribution in [2.45, 2.75) is 22.6 Å². The van der Waals surface area contributed by atoms with Gasteiger partial charge in [0.05, 0.1) is 6.04 Å². The molecule has 1 aromatic heterocycles. The van der Waals surface area contributed by atoms with Crippen LogP contribution in [0.4, 0.5) is 13.2 Å². The highest BCUT2D eigenvalue weighted by Crippen LogP contribution is 2.40. The lowest BCUT2D eigenvalue weighted by Crippen LogP contribution is -2.40. The van der Waals surface area contributed by atoms with Gasteiger partial charge in [-0.25, -0.2) is 4.68 Å². The molecule has 138 valence electrons. The van der Waals surface area contributed by atoms with Crippen LogP contribution in [0.1, 0.15) is 27.8 Å². The molecule has 2 aromatic carbocycles. The molecule has 3 aromatic rings. The Morgan fingerprint density at radius 3 is 2.26 bits per heavy atom. The van der Waals surface area contributed by atoms with E-state index in [1.807, 2.05) is 0 Å². The molecule has 2 atom stereocenters. The molecule has 0 fully saturated rings. The van der Waals surface area contributed by atoms with Gasteiger partial charge in [0.25, 0.3) is 5.82 Å².